The maximum Gasteiger partial charge on any atom is 0.178 e. The van der Waals surface area contributed by atoms with Gasteiger partial charge in [-0.1, -0.05) is 0 Å². The van der Waals surface area contributed by atoms with Gasteiger partial charge in [0.05, 0.1) is 6.07 Å². The summed E-state index contributed by atoms with van der Waals surface area (Å²) in [6, 6.07) is 3.80. The van der Waals surface area contributed by atoms with Crippen LogP contribution in [0.1, 0.15) is 11.1 Å². The zero-order chi connectivity index (χ0) is 10.0. The van der Waals surface area contributed by atoms with Gasteiger partial charge in [0.25, 0.3) is 0 Å². The Hall–Kier alpha value is -2.01. The molecule has 0 aliphatic heterocycles. The Balaban J connectivity index is 3.66. The predicted octanol–water partition coefficient (Wildman–Crippen LogP) is 1.65. The van der Waals surface area contributed by atoms with Crippen molar-refractivity contribution in [2.24, 2.45) is 0 Å². The van der Waals surface area contributed by atoms with Crippen LogP contribution in [0.4, 0.5) is 13.2 Å². The maximum atomic E-state index is 12.7. The number of benzene rings is 1. The van der Waals surface area contributed by atoms with E-state index >= 15 is 0 Å². The van der Waals surface area contributed by atoms with E-state index in [1.807, 2.05) is 0 Å². The van der Waals surface area contributed by atoms with Gasteiger partial charge in [-0.15, -0.1) is 0 Å². The lowest BCUT2D eigenvalue weighted by molar-refractivity contribution is 0.489. The second-order valence-electron chi connectivity index (χ2n) is 2.04. The zero-order valence-electron chi connectivity index (χ0n) is 6.03. The van der Waals surface area contributed by atoms with Gasteiger partial charge in [0.15, 0.2) is 17.5 Å². The topological polar surface area (TPSA) is 47.6 Å². The van der Waals surface area contributed by atoms with E-state index in [0.717, 1.165) is 0 Å². The molecule has 1 aromatic rings. The van der Waals surface area contributed by atoms with Crippen LogP contribution in [-0.2, 0) is 0 Å². The summed E-state index contributed by atoms with van der Waals surface area (Å²) in [5.41, 5.74) is -1.77. The molecule has 0 spiro atoms. The highest BCUT2D eigenvalue weighted by atomic mass is 19.2. The molecule has 1 rings (SSSR count). The lowest BCUT2D eigenvalue weighted by atomic mass is 10.1. The summed E-state index contributed by atoms with van der Waals surface area (Å²) in [4.78, 5) is 0. The van der Waals surface area contributed by atoms with Gasteiger partial charge in [0.2, 0.25) is 0 Å². The van der Waals surface area contributed by atoms with Crippen molar-refractivity contribution in [1.29, 1.82) is 10.5 Å². The van der Waals surface area contributed by atoms with Gasteiger partial charge in [-0.25, -0.2) is 13.2 Å². The summed E-state index contributed by atoms with van der Waals surface area (Å²) in [5.74, 6) is -4.52. The Morgan fingerprint density at radius 3 is 1.92 bits per heavy atom. The maximum absolute atomic E-state index is 12.7. The molecule has 0 heterocycles. The molecule has 0 aliphatic carbocycles. The summed E-state index contributed by atoms with van der Waals surface area (Å²) in [6.45, 7) is 0. The molecule has 0 saturated heterocycles. The van der Waals surface area contributed by atoms with Gasteiger partial charge in [-0.2, -0.15) is 10.5 Å². The second kappa shape index (κ2) is 3.16. The molecule has 2 nitrogen and oxygen atoms in total. The van der Waals surface area contributed by atoms with E-state index in [1.165, 1.54) is 18.2 Å². The molecule has 1 aromatic carbocycles. The highest BCUT2D eigenvalue weighted by Crippen LogP contribution is 2.18. The largest absolute Gasteiger partial charge is 0.205 e. The molecule has 0 atom stereocenters. The van der Waals surface area contributed by atoms with Crippen LogP contribution in [0.5, 0.6) is 0 Å². The van der Waals surface area contributed by atoms with Crippen LogP contribution >= 0.6 is 0 Å². The summed E-state index contributed by atoms with van der Waals surface area (Å²) in [5, 5.41) is 16.6. The second-order valence-corrected chi connectivity index (χ2v) is 2.04. The molecule has 0 N–H and O–H groups in total. The Labute approximate surface area is 71.4 Å². The van der Waals surface area contributed by atoms with E-state index in [4.69, 9.17) is 10.5 Å². The molecule has 0 aliphatic rings. The van der Waals surface area contributed by atoms with Gasteiger partial charge in [-0.05, 0) is 0 Å². The SMILES string of the molecule is N#Cc1c(F)[c]c(F)c(F)c1C#N. The van der Waals surface area contributed by atoms with E-state index in [9.17, 15) is 13.2 Å². The van der Waals surface area contributed by atoms with Crippen LogP contribution in [0.15, 0.2) is 0 Å². The van der Waals surface area contributed by atoms with Crippen molar-refractivity contribution in [3.63, 3.8) is 0 Å². The highest BCUT2D eigenvalue weighted by Gasteiger charge is 2.18. The van der Waals surface area contributed by atoms with E-state index in [1.54, 1.807) is 0 Å². The van der Waals surface area contributed by atoms with E-state index < -0.39 is 28.6 Å². The van der Waals surface area contributed by atoms with Crippen molar-refractivity contribution in [1.82, 2.24) is 0 Å². The molecular weight excluding hydrogens is 181 g/mol. The first-order chi connectivity index (χ1) is 6.11. The number of hydrogen-bond acceptors (Lipinski definition) is 2. The minimum absolute atomic E-state index is 0.832. The summed E-state index contributed by atoms with van der Waals surface area (Å²) >= 11 is 0. The predicted molar refractivity (Wildman–Crippen MR) is 34.6 cm³/mol. The number of hydrogen-bond donors (Lipinski definition) is 0. The standard InChI is InChI=1S/C8F3N2/c9-6-1-7(10)8(11)5(3-13)4(6)2-12. The normalized spacial score (nSPS) is 9.00. The van der Waals surface area contributed by atoms with Crippen molar-refractivity contribution in [3.05, 3.63) is 34.6 Å². The van der Waals surface area contributed by atoms with Crippen molar-refractivity contribution in [3.8, 4) is 12.1 Å². The molecule has 13 heavy (non-hydrogen) atoms. The Morgan fingerprint density at radius 1 is 0.923 bits per heavy atom. The first-order valence-electron chi connectivity index (χ1n) is 3.01. The monoisotopic (exact) mass is 181 g/mol. The minimum Gasteiger partial charge on any atom is -0.205 e. The Bertz CT molecular complexity index is 440. The van der Waals surface area contributed by atoms with Crippen LogP contribution in [-0.4, -0.2) is 0 Å². The Morgan fingerprint density at radius 2 is 1.46 bits per heavy atom. The fourth-order valence-corrected chi connectivity index (χ4v) is 0.753. The molecule has 1 radical (unpaired) electrons. The average molecular weight is 181 g/mol. The van der Waals surface area contributed by atoms with E-state index in [0.29, 0.717) is 0 Å². The van der Waals surface area contributed by atoms with Crippen molar-refractivity contribution in [2.45, 2.75) is 0 Å². The van der Waals surface area contributed by atoms with Gasteiger partial charge >= 0.3 is 0 Å². The van der Waals surface area contributed by atoms with Crippen molar-refractivity contribution < 1.29 is 13.2 Å². The molecule has 0 unspecified atom stereocenters. The van der Waals surface area contributed by atoms with Crippen molar-refractivity contribution >= 4 is 0 Å². The summed E-state index contributed by atoms with van der Waals surface area (Å²) in [7, 11) is 0. The number of nitrogens with zero attached hydrogens (tertiary/aromatic N) is 2. The molecule has 0 aromatic heterocycles. The summed E-state index contributed by atoms with van der Waals surface area (Å²) < 4.78 is 37.7. The molecular formula is C8F3N2. The Kier molecular flexibility index (Phi) is 2.21. The van der Waals surface area contributed by atoms with E-state index in [2.05, 4.69) is 0 Å². The molecule has 63 valence electrons. The van der Waals surface area contributed by atoms with E-state index in [-0.39, 0.29) is 0 Å². The molecule has 0 saturated carbocycles. The molecule has 0 amide bonds. The minimum atomic E-state index is -1.60. The zero-order valence-corrected chi connectivity index (χ0v) is 6.03. The lowest BCUT2D eigenvalue weighted by Crippen LogP contribution is -1.98. The third-order valence-electron chi connectivity index (χ3n) is 1.32. The summed E-state index contributed by atoms with van der Waals surface area (Å²) in [6.07, 6.45) is 0. The molecule has 0 fully saturated rings. The smallest absolute Gasteiger partial charge is 0.178 e. The third-order valence-corrected chi connectivity index (χ3v) is 1.32. The molecule has 0 bridgehead atoms. The van der Waals surface area contributed by atoms with Gasteiger partial charge in [0, 0.05) is 0 Å². The van der Waals surface area contributed by atoms with Crippen LogP contribution < -0.4 is 0 Å². The number of nitriles is 2. The van der Waals surface area contributed by atoms with Crippen LogP contribution in [0.3, 0.4) is 0 Å². The highest BCUT2D eigenvalue weighted by molar-refractivity contribution is 5.47. The van der Waals surface area contributed by atoms with Gasteiger partial charge in [0.1, 0.15) is 23.3 Å². The fourth-order valence-electron chi connectivity index (χ4n) is 0.753. The lowest BCUT2D eigenvalue weighted by Gasteiger charge is -1.98. The van der Waals surface area contributed by atoms with Crippen molar-refractivity contribution in [2.75, 3.05) is 0 Å². The first kappa shape index (κ1) is 9.08. The average Bonchev–Trinajstić information content (AvgIpc) is 2.10. The van der Waals surface area contributed by atoms with Crippen LogP contribution in [0.25, 0.3) is 0 Å². The third kappa shape index (κ3) is 1.32. The number of rotatable bonds is 0. The first-order valence-corrected chi connectivity index (χ1v) is 3.01. The van der Waals surface area contributed by atoms with Crippen LogP contribution in [0.2, 0.25) is 0 Å². The van der Waals surface area contributed by atoms with Gasteiger partial charge in [-0.3, -0.25) is 0 Å². The van der Waals surface area contributed by atoms with Gasteiger partial charge < -0.3 is 0 Å². The fraction of sp³-hybridized carbons (Fsp3) is 0. The quantitative estimate of drug-likeness (QED) is 0.571. The van der Waals surface area contributed by atoms with Crippen LogP contribution in [0, 0.1) is 46.2 Å². The molecule has 5 heteroatoms. The number of halogens is 3.